The number of anilines is 2. The fraction of sp³-hybridized carbons (Fsp3) is 0.316. The SMILES string of the molecule is COc1ccccc1N1CCN(S(=O)(=O)c2ccc3c(c2)OCC(=O)N3)CC1. The Labute approximate surface area is 163 Å². The zero-order chi connectivity index (χ0) is 19.7. The summed E-state index contributed by atoms with van der Waals surface area (Å²) in [6, 6.07) is 12.2. The molecule has 0 unspecified atom stereocenters. The van der Waals surface area contributed by atoms with Gasteiger partial charge in [0.25, 0.3) is 5.91 Å². The molecule has 28 heavy (non-hydrogen) atoms. The zero-order valence-electron chi connectivity index (χ0n) is 15.4. The number of hydrogen-bond acceptors (Lipinski definition) is 6. The molecular formula is C19H21N3O5S. The fourth-order valence-electron chi connectivity index (χ4n) is 3.42. The summed E-state index contributed by atoms with van der Waals surface area (Å²) in [5.41, 5.74) is 1.44. The Morgan fingerprint density at radius 3 is 2.57 bits per heavy atom. The standard InChI is InChI=1S/C19H21N3O5S/c1-26-17-5-3-2-4-16(17)21-8-10-22(11-9-21)28(24,25)14-6-7-15-18(12-14)27-13-19(23)20-15/h2-7,12H,8-11,13H2,1H3,(H,20,23). The lowest BCUT2D eigenvalue weighted by molar-refractivity contribution is -0.118. The van der Waals surface area contributed by atoms with Crippen molar-refractivity contribution < 1.29 is 22.7 Å². The van der Waals surface area contributed by atoms with Gasteiger partial charge < -0.3 is 19.7 Å². The number of piperazine rings is 1. The van der Waals surface area contributed by atoms with Crippen molar-refractivity contribution in [3.63, 3.8) is 0 Å². The van der Waals surface area contributed by atoms with Gasteiger partial charge in [-0.15, -0.1) is 0 Å². The number of nitrogens with one attached hydrogen (secondary N) is 1. The number of ether oxygens (including phenoxy) is 2. The van der Waals surface area contributed by atoms with Gasteiger partial charge in [-0.05, 0) is 24.3 Å². The van der Waals surface area contributed by atoms with Gasteiger partial charge in [0.05, 0.1) is 23.4 Å². The van der Waals surface area contributed by atoms with Crippen molar-refractivity contribution in [2.24, 2.45) is 0 Å². The number of rotatable bonds is 4. The van der Waals surface area contributed by atoms with Crippen molar-refractivity contribution in [3.05, 3.63) is 42.5 Å². The molecule has 0 radical (unpaired) electrons. The summed E-state index contributed by atoms with van der Waals surface area (Å²) >= 11 is 0. The second-order valence-corrected chi connectivity index (χ2v) is 8.50. The summed E-state index contributed by atoms with van der Waals surface area (Å²) in [6.07, 6.45) is 0. The normalized spacial score (nSPS) is 17.5. The number of nitrogens with zero attached hydrogens (tertiary/aromatic N) is 2. The first-order valence-corrected chi connectivity index (χ1v) is 10.4. The van der Waals surface area contributed by atoms with Crippen LogP contribution in [0.5, 0.6) is 11.5 Å². The van der Waals surface area contributed by atoms with E-state index in [1.165, 1.54) is 16.4 Å². The number of para-hydroxylation sites is 2. The van der Waals surface area contributed by atoms with E-state index in [1.807, 2.05) is 24.3 Å². The molecule has 1 N–H and O–H groups in total. The van der Waals surface area contributed by atoms with E-state index in [1.54, 1.807) is 13.2 Å². The van der Waals surface area contributed by atoms with E-state index in [0.29, 0.717) is 37.6 Å². The molecule has 9 heteroatoms. The number of fused-ring (bicyclic) bond motifs is 1. The van der Waals surface area contributed by atoms with Crippen molar-refractivity contribution in [2.75, 3.05) is 50.1 Å². The van der Waals surface area contributed by atoms with Crippen molar-refractivity contribution >= 4 is 27.3 Å². The van der Waals surface area contributed by atoms with Crippen LogP contribution in [-0.2, 0) is 14.8 Å². The van der Waals surface area contributed by atoms with Gasteiger partial charge in [-0.3, -0.25) is 4.79 Å². The van der Waals surface area contributed by atoms with Crippen molar-refractivity contribution in [2.45, 2.75) is 4.90 Å². The van der Waals surface area contributed by atoms with E-state index in [4.69, 9.17) is 9.47 Å². The van der Waals surface area contributed by atoms with Crippen LogP contribution < -0.4 is 19.7 Å². The molecule has 148 valence electrons. The molecule has 0 aliphatic carbocycles. The number of carbonyl (C=O) groups excluding carboxylic acids is 1. The second-order valence-electron chi connectivity index (χ2n) is 6.56. The van der Waals surface area contributed by atoms with Crippen LogP contribution in [0, 0.1) is 0 Å². The first kappa shape index (κ1) is 18.6. The van der Waals surface area contributed by atoms with Crippen molar-refractivity contribution in [1.29, 1.82) is 0 Å². The molecule has 0 atom stereocenters. The minimum Gasteiger partial charge on any atom is -0.495 e. The Hall–Kier alpha value is -2.78. The molecule has 2 aromatic carbocycles. The average molecular weight is 403 g/mol. The predicted octanol–water partition coefficient (Wildman–Crippen LogP) is 1.54. The minimum absolute atomic E-state index is 0.117. The third-order valence-corrected chi connectivity index (χ3v) is 6.78. The Balaban J connectivity index is 1.50. The van der Waals surface area contributed by atoms with Crippen LogP contribution in [0.2, 0.25) is 0 Å². The second kappa shape index (κ2) is 7.33. The van der Waals surface area contributed by atoms with E-state index in [-0.39, 0.29) is 17.4 Å². The Morgan fingerprint density at radius 1 is 1.07 bits per heavy atom. The van der Waals surface area contributed by atoms with E-state index in [0.717, 1.165) is 11.4 Å². The third-order valence-electron chi connectivity index (χ3n) is 4.89. The van der Waals surface area contributed by atoms with Gasteiger partial charge in [0.2, 0.25) is 10.0 Å². The lowest BCUT2D eigenvalue weighted by atomic mass is 10.2. The predicted molar refractivity (Wildman–Crippen MR) is 105 cm³/mol. The molecule has 8 nitrogen and oxygen atoms in total. The van der Waals surface area contributed by atoms with E-state index in [9.17, 15) is 13.2 Å². The molecule has 4 rings (SSSR count). The van der Waals surface area contributed by atoms with Gasteiger partial charge in [-0.25, -0.2) is 8.42 Å². The maximum absolute atomic E-state index is 13.0. The number of hydrogen-bond donors (Lipinski definition) is 1. The number of sulfonamides is 1. The van der Waals surface area contributed by atoms with Gasteiger partial charge in [0.15, 0.2) is 6.61 Å². The third kappa shape index (κ3) is 3.38. The van der Waals surface area contributed by atoms with E-state index in [2.05, 4.69) is 10.2 Å². The summed E-state index contributed by atoms with van der Waals surface area (Å²) in [6.45, 7) is 1.76. The highest BCUT2D eigenvalue weighted by molar-refractivity contribution is 7.89. The van der Waals surface area contributed by atoms with Crippen LogP contribution in [0.25, 0.3) is 0 Å². The van der Waals surface area contributed by atoms with Gasteiger partial charge >= 0.3 is 0 Å². The van der Waals surface area contributed by atoms with Crippen LogP contribution >= 0.6 is 0 Å². The van der Waals surface area contributed by atoms with Gasteiger partial charge in [-0.2, -0.15) is 4.31 Å². The first-order valence-electron chi connectivity index (χ1n) is 8.94. The molecule has 0 saturated carbocycles. The molecule has 2 aromatic rings. The molecule has 0 aromatic heterocycles. The lowest BCUT2D eigenvalue weighted by Gasteiger charge is -2.36. The van der Waals surface area contributed by atoms with Crippen molar-refractivity contribution in [3.8, 4) is 11.5 Å². The highest BCUT2D eigenvalue weighted by Crippen LogP contribution is 2.32. The number of amides is 1. The fourth-order valence-corrected chi connectivity index (χ4v) is 4.86. The molecule has 2 aliphatic heterocycles. The molecule has 1 amide bonds. The maximum atomic E-state index is 13.0. The quantitative estimate of drug-likeness (QED) is 0.833. The van der Waals surface area contributed by atoms with Crippen LogP contribution in [0.3, 0.4) is 0 Å². The lowest BCUT2D eigenvalue weighted by Crippen LogP contribution is -2.48. The Morgan fingerprint density at radius 2 is 1.82 bits per heavy atom. The highest BCUT2D eigenvalue weighted by atomic mass is 32.2. The van der Waals surface area contributed by atoms with E-state index >= 15 is 0 Å². The molecule has 2 aliphatic rings. The number of benzene rings is 2. The first-order chi connectivity index (χ1) is 13.5. The van der Waals surface area contributed by atoms with Crippen LogP contribution in [0.15, 0.2) is 47.4 Å². The Kier molecular flexibility index (Phi) is 4.86. The molecule has 1 saturated heterocycles. The topological polar surface area (TPSA) is 88.2 Å². The van der Waals surface area contributed by atoms with Gasteiger partial charge in [0.1, 0.15) is 11.5 Å². The molecular weight excluding hydrogens is 382 g/mol. The number of methoxy groups -OCH3 is 1. The van der Waals surface area contributed by atoms with Gasteiger partial charge in [0, 0.05) is 32.2 Å². The minimum atomic E-state index is -3.65. The average Bonchev–Trinajstić information content (AvgIpc) is 2.73. The van der Waals surface area contributed by atoms with Crippen LogP contribution in [0.4, 0.5) is 11.4 Å². The molecule has 1 fully saturated rings. The summed E-state index contributed by atoms with van der Waals surface area (Å²) in [7, 11) is -2.02. The summed E-state index contributed by atoms with van der Waals surface area (Å²) < 4.78 is 38.3. The summed E-state index contributed by atoms with van der Waals surface area (Å²) in [5, 5.41) is 2.66. The Bertz CT molecular complexity index is 1000. The van der Waals surface area contributed by atoms with Gasteiger partial charge in [-0.1, -0.05) is 12.1 Å². The zero-order valence-corrected chi connectivity index (χ0v) is 16.2. The van der Waals surface area contributed by atoms with Crippen LogP contribution in [0.1, 0.15) is 0 Å². The van der Waals surface area contributed by atoms with Crippen LogP contribution in [-0.4, -0.2) is 58.5 Å². The highest BCUT2D eigenvalue weighted by Gasteiger charge is 2.30. The largest absolute Gasteiger partial charge is 0.495 e. The monoisotopic (exact) mass is 403 g/mol. The molecule has 0 bridgehead atoms. The maximum Gasteiger partial charge on any atom is 0.262 e. The smallest absolute Gasteiger partial charge is 0.262 e. The summed E-state index contributed by atoms with van der Waals surface area (Å²) in [5.74, 6) is 0.886. The molecule has 0 spiro atoms. The molecule has 2 heterocycles. The van der Waals surface area contributed by atoms with E-state index < -0.39 is 10.0 Å². The van der Waals surface area contributed by atoms with Crippen molar-refractivity contribution in [1.82, 2.24) is 4.31 Å². The summed E-state index contributed by atoms with van der Waals surface area (Å²) in [4.78, 5) is 13.7. The number of carbonyl (C=O) groups is 1.